The van der Waals surface area contributed by atoms with Crippen LogP contribution in [-0.4, -0.2) is 27.0 Å². The summed E-state index contributed by atoms with van der Waals surface area (Å²) in [4.78, 5) is 0. The van der Waals surface area contributed by atoms with E-state index in [-0.39, 0.29) is 11.8 Å². The first-order chi connectivity index (χ1) is 8.33. The highest BCUT2D eigenvalue weighted by Gasteiger charge is 2.19. The van der Waals surface area contributed by atoms with E-state index in [9.17, 15) is 8.42 Å². The highest BCUT2D eigenvalue weighted by Crippen LogP contribution is 2.27. The van der Waals surface area contributed by atoms with E-state index in [1.807, 2.05) is 6.92 Å². The Labute approximate surface area is 118 Å². The second-order valence-electron chi connectivity index (χ2n) is 4.26. The van der Waals surface area contributed by atoms with Gasteiger partial charge < -0.3 is 5.32 Å². The van der Waals surface area contributed by atoms with E-state index in [0.29, 0.717) is 10.0 Å². The molecule has 0 heterocycles. The van der Waals surface area contributed by atoms with Crippen molar-refractivity contribution in [1.29, 1.82) is 0 Å². The number of rotatable bonds is 6. The fourth-order valence-corrected chi connectivity index (χ4v) is 3.11. The average molecular weight is 310 g/mol. The van der Waals surface area contributed by atoms with Crippen molar-refractivity contribution in [1.82, 2.24) is 5.32 Å². The molecular formula is C12H17Cl2NO2S. The van der Waals surface area contributed by atoms with Crippen LogP contribution in [0.3, 0.4) is 0 Å². The molecule has 1 rings (SSSR count). The summed E-state index contributed by atoms with van der Waals surface area (Å²) < 4.78 is 22.9. The number of hydrogen-bond donors (Lipinski definition) is 1. The number of hydrogen-bond acceptors (Lipinski definition) is 3. The van der Waals surface area contributed by atoms with Crippen molar-refractivity contribution in [2.75, 3.05) is 18.6 Å². The van der Waals surface area contributed by atoms with Gasteiger partial charge in [0.15, 0.2) is 0 Å². The molecule has 0 aromatic heterocycles. The van der Waals surface area contributed by atoms with Gasteiger partial charge in [-0.3, -0.25) is 0 Å². The van der Waals surface area contributed by atoms with Crippen LogP contribution >= 0.6 is 23.2 Å². The monoisotopic (exact) mass is 309 g/mol. The minimum absolute atomic E-state index is 0.0222. The maximum absolute atomic E-state index is 11.4. The quantitative estimate of drug-likeness (QED) is 0.878. The van der Waals surface area contributed by atoms with E-state index < -0.39 is 9.84 Å². The van der Waals surface area contributed by atoms with Crippen molar-refractivity contribution in [3.63, 3.8) is 0 Å². The van der Waals surface area contributed by atoms with Gasteiger partial charge in [0.1, 0.15) is 9.84 Å². The molecule has 18 heavy (non-hydrogen) atoms. The van der Waals surface area contributed by atoms with Gasteiger partial charge in [-0.2, -0.15) is 0 Å². The lowest BCUT2D eigenvalue weighted by Crippen LogP contribution is -2.28. The van der Waals surface area contributed by atoms with E-state index >= 15 is 0 Å². The summed E-state index contributed by atoms with van der Waals surface area (Å²) in [7, 11) is -3.08. The highest BCUT2D eigenvalue weighted by molar-refractivity contribution is 7.90. The lowest BCUT2D eigenvalue weighted by atomic mass is 10.1. The minimum Gasteiger partial charge on any atom is -0.309 e. The van der Waals surface area contributed by atoms with Gasteiger partial charge in [0, 0.05) is 22.3 Å². The van der Waals surface area contributed by atoms with E-state index in [0.717, 1.165) is 18.5 Å². The molecule has 0 saturated heterocycles. The summed E-state index contributed by atoms with van der Waals surface area (Å²) in [5, 5.41) is 4.22. The van der Waals surface area contributed by atoms with Crippen molar-refractivity contribution in [2.45, 2.75) is 19.4 Å². The lowest BCUT2D eigenvalue weighted by Gasteiger charge is -2.19. The third-order valence-corrected chi connectivity index (χ3v) is 3.95. The van der Waals surface area contributed by atoms with Crippen LogP contribution in [0.4, 0.5) is 0 Å². The summed E-state index contributed by atoms with van der Waals surface area (Å²) in [6.45, 7) is 2.76. The molecule has 0 aliphatic heterocycles. The van der Waals surface area contributed by atoms with Crippen molar-refractivity contribution in [3.8, 4) is 0 Å². The van der Waals surface area contributed by atoms with Gasteiger partial charge in [0.25, 0.3) is 0 Å². The normalized spacial score (nSPS) is 13.6. The molecule has 0 fully saturated rings. The molecule has 0 bridgehead atoms. The number of benzene rings is 1. The highest BCUT2D eigenvalue weighted by atomic mass is 35.5. The van der Waals surface area contributed by atoms with Crippen LogP contribution in [0.15, 0.2) is 18.2 Å². The molecule has 0 aliphatic rings. The summed E-state index contributed by atoms with van der Waals surface area (Å²) >= 11 is 11.9. The van der Waals surface area contributed by atoms with Gasteiger partial charge in [-0.15, -0.1) is 0 Å². The zero-order valence-electron chi connectivity index (χ0n) is 10.4. The molecule has 0 amide bonds. The van der Waals surface area contributed by atoms with Gasteiger partial charge >= 0.3 is 0 Å². The smallest absolute Gasteiger partial charge is 0.149 e. The van der Waals surface area contributed by atoms with Crippen molar-refractivity contribution >= 4 is 33.0 Å². The van der Waals surface area contributed by atoms with Crippen LogP contribution in [0, 0.1) is 0 Å². The Hall–Kier alpha value is -0.290. The van der Waals surface area contributed by atoms with Crippen LogP contribution in [0.1, 0.15) is 24.9 Å². The van der Waals surface area contributed by atoms with Gasteiger partial charge in [-0.05, 0) is 30.7 Å². The molecule has 6 heteroatoms. The first-order valence-electron chi connectivity index (χ1n) is 5.69. The maximum Gasteiger partial charge on any atom is 0.149 e. The molecule has 1 aromatic carbocycles. The predicted molar refractivity (Wildman–Crippen MR) is 77.2 cm³/mol. The summed E-state index contributed by atoms with van der Waals surface area (Å²) in [5.74, 6) is 0.0222. The average Bonchev–Trinajstić information content (AvgIpc) is 2.23. The zero-order chi connectivity index (χ0) is 13.8. The maximum atomic E-state index is 11.4. The standard InChI is InChI=1S/C12H17Cl2NO2S/c1-3-6-15-12(8-18(2,16)17)10-5-4-9(13)7-11(10)14/h4-5,7,12,15H,3,6,8H2,1-2H3. The molecule has 0 aliphatic carbocycles. The number of sulfone groups is 1. The number of nitrogens with one attached hydrogen (secondary N) is 1. The Morgan fingerprint density at radius 1 is 1.33 bits per heavy atom. The first-order valence-corrected chi connectivity index (χ1v) is 8.51. The van der Waals surface area contributed by atoms with Gasteiger partial charge in [-0.25, -0.2) is 8.42 Å². The number of halogens is 2. The van der Waals surface area contributed by atoms with Crippen LogP contribution in [-0.2, 0) is 9.84 Å². The molecule has 0 spiro atoms. The van der Waals surface area contributed by atoms with Crippen molar-refractivity contribution in [2.24, 2.45) is 0 Å². The summed E-state index contributed by atoms with van der Waals surface area (Å²) in [6, 6.07) is 4.81. The van der Waals surface area contributed by atoms with Crippen molar-refractivity contribution < 1.29 is 8.42 Å². The Balaban J connectivity index is 3.01. The third-order valence-electron chi connectivity index (χ3n) is 2.45. The van der Waals surface area contributed by atoms with Crippen LogP contribution in [0.2, 0.25) is 10.0 Å². The predicted octanol–water partition coefficient (Wildman–Crippen LogP) is 3.08. The molecular weight excluding hydrogens is 293 g/mol. The Morgan fingerprint density at radius 2 is 2.00 bits per heavy atom. The largest absolute Gasteiger partial charge is 0.309 e. The van der Waals surface area contributed by atoms with Crippen molar-refractivity contribution in [3.05, 3.63) is 33.8 Å². The molecule has 1 atom stereocenters. The van der Waals surface area contributed by atoms with E-state index in [2.05, 4.69) is 5.32 Å². The van der Waals surface area contributed by atoms with Gasteiger partial charge in [-0.1, -0.05) is 36.2 Å². The second kappa shape index (κ2) is 6.75. The molecule has 0 saturated carbocycles. The summed E-state index contributed by atoms with van der Waals surface area (Å²) in [5.41, 5.74) is 0.764. The fraction of sp³-hybridized carbons (Fsp3) is 0.500. The van der Waals surface area contributed by atoms with Crippen LogP contribution in [0.25, 0.3) is 0 Å². The van der Waals surface area contributed by atoms with E-state index in [1.54, 1.807) is 18.2 Å². The molecule has 102 valence electrons. The molecule has 1 N–H and O–H groups in total. The first kappa shape index (κ1) is 15.8. The molecule has 1 unspecified atom stereocenters. The molecule has 0 radical (unpaired) electrons. The SMILES string of the molecule is CCCNC(CS(C)(=O)=O)c1ccc(Cl)cc1Cl. The van der Waals surface area contributed by atoms with E-state index in [4.69, 9.17) is 23.2 Å². The Morgan fingerprint density at radius 3 is 2.50 bits per heavy atom. The minimum atomic E-state index is -3.08. The van der Waals surface area contributed by atoms with Crippen LogP contribution < -0.4 is 5.32 Å². The summed E-state index contributed by atoms with van der Waals surface area (Å²) in [6.07, 6.45) is 2.14. The zero-order valence-corrected chi connectivity index (χ0v) is 12.7. The van der Waals surface area contributed by atoms with E-state index in [1.165, 1.54) is 6.26 Å². The molecule has 3 nitrogen and oxygen atoms in total. The third kappa shape index (κ3) is 5.14. The van der Waals surface area contributed by atoms with Crippen LogP contribution in [0.5, 0.6) is 0 Å². The lowest BCUT2D eigenvalue weighted by molar-refractivity contribution is 0.549. The van der Waals surface area contributed by atoms with Gasteiger partial charge in [0.2, 0.25) is 0 Å². The fourth-order valence-electron chi connectivity index (χ4n) is 1.66. The van der Waals surface area contributed by atoms with Gasteiger partial charge in [0.05, 0.1) is 5.75 Å². The Bertz CT molecular complexity index is 503. The second-order valence-corrected chi connectivity index (χ2v) is 7.29. The topological polar surface area (TPSA) is 46.2 Å². The Kier molecular flexibility index (Phi) is 5.92. The molecule has 1 aromatic rings.